The van der Waals surface area contributed by atoms with E-state index >= 15 is 0 Å². The van der Waals surface area contributed by atoms with Crippen LogP contribution in [0.3, 0.4) is 0 Å². The van der Waals surface area contributed by atoms with Crippen molar-refractivity contribution < 1.29 is 19.5 Å². The predicted octanol–water partition coefficient (Wildman–Crippen LogP) is 3.24. The van der Waals surface area contributed by atoms with Gasteiger partial charge in [0.15, 0.2) is 0 Å². The van der Waals surface area contributed by atoms with E-state index in [9.17, 15) is 0 Å². The number of rotatable bonds is 2. The van der Waals surface area contributed by atoms with Crippen LogP contribution in [0.4, 0.5) is 0 Å². The Hall–Kier alpha value is -0.507. The zero-order valence-corrected chi connectivity index (χ0v) is 13.1. The molecule has 2 aromatic rings. The molecule has 0 saturated heterocycles. The Bertz CT molecular complexity index is 492. The van der Waals surface area contributed by atoms with Crippen LogP contribution in [0.2, 0.25) is 0 Å². The van der Waals surface area contributed by atoms with Crippen LogP contribution < -0.4 is 10.6 Å². The molecule has 0 aromatic heterocycles. The van der Waals surface area contributed by atoms with Crippen molar-refractivity contribution in [1.82, 2.24) is 0 Å². The number of hydrogen-bond donors (Lipinski definition) is 0. The average Bonchev–Trinajstić information content (AvgIpc) is 2.31. The summed E-state index contributed by atoms with van der Waals surface area (Å²) in [4.78, 5) is 0. The standard InChI is InChI=1S/C15H17P.Ru/c1-11-9-10-15(13(3)12(11)2)16-14-7-5-4-6-8-14;/h4-10,16H,1-3H3;. The summed E-state index contributed by atoms with van der Waals surface area (Å²) < 4.78 is 0. The topological polar surface area (TPSA) is 0 Å². The molecular formula is C15H17PRu. The molecule has 0 saturated carbocycles. The fourth-order valence-electron chi connectivity index (χ4n) is 1.77. The molecule has 0 aliphatic rings. The van der Waals surface area contributed by atoms with Crippen molar-refractivity contribution in [1.29, 1.82) is 0 Å². The molecule has 0 radical (unpaired) electrons. The Morgan fingerprint density at radius 3 is 2.06 bits per heavy atom. The molecular weight excluding hydrogens is 312 g/mol. The predicted molar refractivity (Wildman–Crippen MR) is 74.7 cm³/mol. The summed E-state index contributed by atoms with van der Waals surface area (Å²) in [6, 6.07) is 15.2. The number of hydrogen-bond acceptors (Lipinski definition) is 0. The molecule has 0 nitrogen and oxygen atoms in total. The Kier molecular flexibility index (Phi) is 5.51. The first kappa shape index (κ1) is 14.6. The first-order valence-corrected chi connectivity index (χ1v) is 6.57. The number of aryl methyl sites for hydroxylation is 1. The van der Waals surface area contributed by atoms with E-state index in [1.807, 2.05) is 0 Å². The van der Waals surface area contributed by atoms with Crippen molar-refractivity contribution in [2.45, 2.75) is 20.8 Å². The van der Waals surface area contributed by atoms with E-state index in [0.29, 0.717) is 0 Å². The van der Waals surface area contributed by atoms with Crippen molar-refractivity contribution in [3.8, 4) is 0 Å². The molecule has 0 fully saturated rings. The molecule has 1 atom stereocenters. The van der Waals surface area contributed by atoms with E-state index in [0.717, 1.165) is 8.58 Å². The fourth-order valence-corrected chi connectivity index (χ4v) is 2.98. The first-order chi connectivity index (χ1) is 7.68. The third-order valence-electron chi connectivity index (χ3n) is 3.11. The van der Waals surface area contributed by atoms with Crippen LogP contribution in [0.1, 0.15) is 16.7 Å². The normalized spacial score (nSPS) is 10.5. The van der Waals surface area contributed by atoms with E-state index in [1.165, 1.54) is 27.3 Å². The van der Waals surface area contributed by atoms with Crippen molar-refractivity contribution >= 4 is 19.2 Å². The molecule has 0 amide bonds. The van der Waals surface area contributed by atoms with Gasteiger partial charge in [-0.1, -0.05) is 51.0 Å². The van der Waals surface area contributed by atoms with Crippen molar-refractivity contribution in [3.63, 3.8) is 0 Å². The van der Waals surface area contributed by atoms with Gasteiger partial charge in [-0.15, -0.1) is 0 Å². The summed E-state index contributed by atoms with van der Waals surface area (Å²) in [7, 11) is 0.768. The van der Waals surface area contributed by atoms with Crippen LogP contribution in [-0.2, 0) is 19.5 Å². The maximum atomic E-state index is 2.27. The Labute approximate surface area is 118 Å². The van der Waals surface area contributed by atoms with E-state index in [2.05, 4.69) is 63.2 Å². The van der Waals surface area contributed by atoms with Gasteiger partial charge >= 0.3 is 0 Å². The zero-order chi connectivity index (χ0) is 11.5. The monoisotopic (exact) mass is 330 g/mol. The van der Waals surface area contributed by atoms with E-state index in [4.69, 9.17) is 0 Å². The molecule has 2 heteroatoms. The first-order valence-electron chi connectivity index (χ1n) is 5.57. The quantitative estimate of drug-likeness (QED) is 0.586. The van der Waals surface area contributed by atoms with Crippen LogP contribution in [0.25, 0.3) is 0 Å². The van der Waals surface area contributed by atoms with E-state index in [1.54, 1.807) is 0 Å². The Morgan fingerprint density at radius 2 is 1.41 bits per heavy atom. The molecule has 0 aliphatic carbocycles. The molecule has 2 aromatic carbocycles. The third kappa shape index (κ3) is 3.47. The minimum Gasteiger partial charge on any atom is -0.0622 e. The smallest absolute Gasteiger partial charge is 0 e. The molecule has 0 heterocycles. The molecule has 2 rings (SSSR count). The summed E-state index contributed by atoms with van der Waals surface area (Å²) in [5, 5.41) is 2.88. The summed E-state index contributed by atoms with van der Waals surface area (Å²) in [6.07, 6.45) is 0. The Morgan fingerprint density at radius 1 is 0.765 bits per heavy atom. The summed E-state index contributed by atoms with van der Waals surface area (Å²) >= 11 is 0. The van der Waals surface area contributed by atoms with Gasteiger partial charge in [-0.05, 0) is 48.1 Å². The zero-order valence-electron chi connectivity index (χ0n) is 10.4. The SMILES string of the molecule is Cc1ccc(Pc2ccccc2)c(C)c1C.[Ru]. The minimum absolute atomic E-state index is 0. The fraction of sp³-hybridized carbons (Fsp3) is 0.200. The van der Waals surface area contributed by atoms with Crippen LogP contribution in [0.5, 0.6) is 0 Å². The second-order valence-corrected chi connectivity index (χ2v) is 5.54. The van der Waals surface area contributed by atoms with Crippen molar-refractivity contribution in [2.24, 2.45) is 0 Å². The van der Waals surface area contributed by atoms with Crippen LogP contribution >= 0.6 is 8.58 Å². The molecule has 0 spiro atoms. The largest absolute Gasteiger partial charge is 0.0622 e. The van der Waals surface area contributed by atoms with E-state index < -0.39 is 0 Å². The van der Waals surface area contributed by atoms with Gasteiger partial charge in [0.05, 0.1) is 0 Å². The van der Waals surface area contributed by atoms with Gasteiger partial charge in [-0.3, -0.25) is 0 Å². The van der Waals surface area contributed by atoms with Gasteiger partial charge in [0.2, 0.25) is 0 Å². The van der Waals surface area contributed by atoms with Gasteiger partial charge in [-0.25, -0.2) is 0 Å². The average molecular weight is 329 g/mol. The van der Waals surface area contributed by atoms with Gasteiger partial charge in [-0.2, -0.15) is 0 Å². The third-order valence-corrected chi connectivity index (χ3v) is 4.54. The molecule has 0 aliphatic heterocycles. The van der Waals surface area contributed by atoms with Crippen LogP contribution in [0.15, 0.2) is 42.5 Å². The van der Waals surface area contributed by atoms with Crippen LogP contribution in [0, 0.1) is 20.8 Å². The summed E-state index contributed by atoms with van der Waals surface area (Å²) in [6.45, 7) is 6.62. The van der Waals surface area contributed by atoms with Gasteiger partial charge in [0.1, 0.15) is 0 Å². The van der Waals surface area contributed by atoms with Gasteiger partial charge in [0, 0.05) is 19.5 Å². The molecule has 17 heavy (non-hydrogen) atoms. The molecule has 1 unspecified atom stereocenters. The maximum Gasteiger partial charge on any atom is 0 e. The van der Waals surface area contributed by atoms with Crippen LogP contribution in [-0.4, -0.2) is 0 Å². The summed E-state index contributed by atoms with van der Waals surface area (Å²) in [5.41, 5.74) is 4.27. The molecule has 90 valence electrons. The van der Waals surface area contributed by atoms with Gasteiger partial charge in [0.25, 0.3) is 0 Å². The van der Waals surface area contributed by atoms with Crippen molar-refractivity contribution in [3.05, 3.63) is 59.2 Å². The second kappa shape index (κ2) is 6.43. The molecule has 0 bridgehead atoms. The molecule has 0 N–H and O–H groups in total. The van der Waals surface area contributed by atoms with Gasteiger partial charge < -0.3 is 0 Å². The second-order valence-electron chi connectivity index (χ2n) is 4.17. The van der Waals surface area contributed by atoms with Crippen molar-refractivity contribution in [2.75, 3.05) is 0 Å². The van der Waals surface area contributed by atoms with E-state index in [-0.39, 0.29) is 19.5 Å². The Balaban J connectivity index is 0.00000144. The maximum absolute atomic E-state index is 2.27. The number of benzene rings is 2. The minimum atomic E-state index is 0. The summed E-state index contributed by atoms with van der Waals surface area (Å²) in [5.74, 6) is 0.